The van der Waals surface area contributed by atoms with Crippen LogP contribution in [0, 0.1) is 11.6 Å². The van der Waals surface area contributed by atoms with Crippen molar-refractivity contribution in [1.29, 1.82) is 0 Å². The van der Waals surface area contributed by atoms with E-state index >= 15 is 0 Å². The van der Waals surface area contributed by atoms with Gasteiger partial charge in [0.05, 0.1) is 12.7 Å². The predicted molar refractivity (Wildman–Crippen MR) is 58.4 cm³/mol. The highest BCUT2D eigenvalue weighted by molar-refractivity contribution is 5.79. The molecule has 0 spiro atoms. The van der Waals surface area contributed by atoms with Crippen LogP contribution < -0.4 is 0 Å². The second-order valence-electron chi connectivity index (χ2n) is 4.25. The lowest BCUT2D eigenvalue weighted by Gasteiger charge is -2.21. The largest absolute Gasteiger partial charge is 0.373 e. The third-order valence-corrected chi connectivity index (χ3v) is 3.02. The number of hydrogen-bond donors (Lipinski definition) is 0. The maximum atomic E-state index is 13.3. The number of benzene rings is 1. The lowest BCUT2D eigenvalue weighted by molar-refractivity contribution is -0.123. The third kappa shape index (κ3) is 3.09. The molecule has 0 atom stereocenters. The maximum Gasteiger partial charge on any atom is 0.133 e. The third-order valence-electron chi connectivity index (χ3n) is 3.02. The topological polar surface area (TPSA) is 26.3 Å². The van der Waals surface area contributed by atoms with Crippen molar-refractivity contribution >= 4 is 5.78 Å². The molecule has 1 aromatic rings. The Labute approximate surface area is 98.6 Å². The highest BCUT2D eigenvalue weighted by Gasteiger charge is 2.20. The van der Waals surface area contributed by atoms with Crippen LogP contribution in [0.25, 0.3) is 0 Å². The van der Waals surface area contributed by atoms with E-state index in [2.05, 4.69) is 0 Å². The van der Waals surface area contributed by atoms with Gasteiger partial charge in [-0.25, -0.2) is 8.78 Å². The first-order valence-corrected chi connectivity index (χ1v) is 5.73. The van der Waals surface area contributed by atoms with Crippen LogP contribution in [0.3, 0.4) is 0 Å². The van der Waals surface area contributed by atoms with Crippen molar-refractivity contribution in [3.05, 3.63) is 35.4 Å². The molecular formula is C13H14F2O2. The number of carbonyl (C=O) groups is 1. The summed E-state index contributed by atoms with van der Waals surface area (Å²) >= 11 is 0. The minimum absolute atomic E-state index is 0.0376. The number of Topliss-reactive ketones (excluding diaryl/α,β-unsaturated/α-hetero) is 1. The minimum atomic E-state index is -0.586. The van der Waals surface area contributed by atoms with Gasteiger partial charge in [0.2, 0.25) is 0 Å². The van der Waals surface area contributed by atoms with E-state index in [1.54, 1.807) is 0 Å². The van der Waals surface area contributed by atoms with E-state index in [0.29, 0.717) is 25.7 Å². The van der Waals surface area contributed by atoms with E-state index in [9.17, 15) is 13.6 Å². The van der Waals surface area contributed by atoms with E-state index in [1.807, 2.05) is 0 Å². The lowest BCUT2D eigenvalue weighted by atomic mass is 9.96. The molecule has 2 rings (SSSR count). The molecule has 1 saturated carbocycles. The van der Waals surface area contributed by atoms with Gasteiger partial charge in [0, 0.05) is 18.4 Å². The fourth-order valence-electron chi connectivity index (χ4n) is 1.95. The van der Waals surface area contributed by atoms with Gasteiger partial charge in [-0.15, -0.1) is 0 Å². The summed E-state index contributed by atoms with van der Waals surface area (Å²) in [5, 5.41) is 0. The van der Waals surface area contributed by atoms with Crippen LogP contribution in [0.15, 0.2) is 18.2 Å². The second kappa shape index (κ2) is 5.36. The molecule has 0 amide bonds. The zero-order valence-electron chi connectivity index (χ0n) is 9.42. The molecule has 1 aliphatic carbocycles. The van der Waals surface area contributed by atoms with Crippen molar-refractivity contribution in [2.24, 2.45) is 0 Å². The van der Waals surface area contributed by atoms with Crippen LogP contribution in [-0.2, 0) is 16.1 Å². The molecular weight excluding hydrogens is 226 g/mol. The SMILES string of the molecule is O=C1CCC(OCc2c(F)cccc2F)CC1. The average Bonchev–Trinajstić information content (AvgIpc) is 2.31. The van der Waals surface area contributed by atoms with Crippen molar-refractivity contribution in [2.75, 3.05) is 0 Å². The van der Waals surface area contributed by atoms with Crippen LogP contribution in [0.5, 0.6) is 0 Å². The molecule has 1 aliphatic rings. The molecule has 92 valence electrons. The number of halogens is 2. The first kappa shape index (κ1) is 12.2. The Morgan fingerprint density at radius 3 is 2.35 bits per heavy atom. The average molecular weight is 240 g/mol. The molecule has 2 nitrogen and oxygen atoms in total. The minimum Gasteiger partial charge on any atom is -0.373 e. The molecule has 0 aromatic heterocycles. The molecule has 0 N–H and O–H groups in total. The summed E-state index contributed by atoms with van der Waals surface area (Å²) in [4.78, 5) is 11.0. The first-order valence-electron chi connectivity index (χ1n) is 5.73. The Kier molecular flexibility index (Phi) is 3.84. The van der Waals surface area contributed by atoms with Gasteiger partial charge in [-0.05, 0) is 25.0 Å². The zero-order valence-corrected chi connectivity index (χ0v) is 9.42. The number of hydrogen-bond acceptors (Lipinski definition) is 2. The highest BCUT2D eigenvalue weighted by Crippen LogP contribution is 2.21. The number of ether oxygens (including phenoxy) is 1. The van der Waals surface area contributed by atoms with E-state index in [0.717, 1.165) is 0 Å². The van der Waals surface area contributed by atoms with Gasteiger partial charge in [-0.1, -0.05) is 6.07 Å². The van der Waals surface area contributed by atoms with Gasteiger partial charge < -0.3 is 4.74 Å². The molecule has 1 aromatic carbocycles. The molecule has 0 radical (unpaired) electrons. The molecule has 0 unspecified atom stereocenters. The first-order chi connectivity index (χ1) is 8.16. The lowest BCUT2D eigenvalue weighted by Crippen LogP contribution is -2.21. The molecule has 1 fully saturated rings. The second-order valence-corrected chi connectivity index (χ2v) is 4.25. The van der Waals surface area contributed by atoms with Crippen molar-refractivity contribution in [1.82, 2.24) is 0 Å². The van der Waals surface area contributed by atoms with Crippen LogP contribution in [0.1, 0.15) is 31.2 Å². The van der Waals surface area contributed by atoms with Crippen LogP contribution in [-0.4, -0.2) is 11.9 Å². The van der Waals surface area contributed by atoms with Crippen molar-refractivity contribution in [2.45, 2.75) is 38.4 Å². The van der Waals surface area contributed by atoms with E-state index in [-0.39, 0.29) is 24.1 Å². The summed E-state index contributed by atoms with van der Waals surface area (Å²) < 4.78 is 32.0. The van der Waals surface area contributed by atoms with Crippen LogP contribution >= 0.6 is 0 Å². The molecule has 0 bridgehead atoms. The Morgan fingerprint density at radius 2 is 1.76 bits per heavy atom. The Morgan fingerprint density at radius 1 is 1.18 bits per heavy atom. The Bertz CT molecular complexity index is 388. The van der Waals surface area contributed by atoms with Crippen molar-refractivity contribution in [3.63, 3.8) is 0 Å². The standard InChI is InChI=1S/C13H14F2O2/c14-12-2-1-3-13(15)11(12)8-17-10-6-4-9(16)5-7-10/h1-3,10H,4-8H2. The summed E-state index contributed by atoms with van der Waals surface area (Å²) in [7, 11) is 0. The van der Waals surface area contributed by atoms with E-state index < -0.39 is 11.6 Å². The normalized spacial score (nSPS) is 17.4. The van der Waals surface area contributed by atoms with Crippen LogP contribution in [0.4, 0.5) is 8.78 Å². The predicted octanol–water partition coefficient (Wildman–Crippen LogP) is 2.99. The van der Waals surface area contributed by atoms with Gasteiger partial charge in [-0.3, -0.25) is 4.79 Å². The Balaban J connectivity index is 1.91. The number of ketones is 1. The quantitative estimate of drug-likeness (QED) is 0.811. The summed E-state index contributed by atoms with van der Waals surface area (Å²) in [6.07, 6.45) is 2.24. The van der Waals surface area contributed by atoms with Gasteiger partial charge in [-0.2, -0.15) is 0 Å². The fraction of sp³-hybridized carbons (Fsp3) is 0.462. The molecule has 17 heavy (non-hydrogen) atoms. The Hall–Kier alpha value is -1.29. The summed E-state index contributed by atoms with van der Waals surface area (Å²) in [6.45, 7) is -0.0721. The fourth-order valence-corrected chi connectivity index (χ4v) is 1.95. The molecule has 0 aliphatic heterocycles. The van der Waals surface area contributed by atoms with Gasteiger partial charge in [0.1, 0.15) is 17.4 Å². The highest BCUT2D eigenvalue weighted by atomic mass is 19.1. The molecule has 0 saturated heterocycles. The van der Waals surface area contributed by atoms with Crippen molar-refractivity contribution < 1.29 is 18.3 Å². The zero-order chi connectivity index (χ0) is 12.3. The number of carbonyl (C=O) groups excluding carboxylic acids is 1. The van der Waals surface area contributed by atoms with Gasteiger partial charge in [0.25, 0.3) is 0 Å². The van der Waals surface area contributed by atoms with Crippen molar-refractivity contribution in [3.8, 4) is 0 Å². The van der Waals surface area contributed by atoms with Gasteiger partial charge >= 0.3 is 0 Å². The summed E-state index contributed by atoms with van der Waals surface area (Å²) in [5.41, 5.74) is -0.0376. The van der Waals surface area contributed by atoms with E-state index in [1.165, 1.54) is 18.2 Å². The van der Waals surface area contributed by atoms with Crippen LogP contribution in [0.2, 0.25) is 0 Å². The summed E-state index contributed by atoms with van der Waals surface area (Å²) in [5.74, 6) is -0.935. The van der Waals surface area contributed by atoms with Gasteiger partial charge in [0.15, 0.2) is 0 Å². The smallest absolute Gasteiger partial charge is 0.133 e. The molecule has 4 heteroatoms. The van der Waals surface area contributed by atoms with E-state index in [4.69, 9.17) is 4.74 Å². The summed E-state index contributed by atoms with van der Waals surface area (Å²) in [6, 6.07) is 3.76. The maximum absolute atomic E-state index is 13.3. The molecule has 0 heterocycles. The monoisotopic (exact) mass is 240 g/mol. The number of rotatable bonds is 3.